The lowest BCUT2D eigenvalue weighted by atomic mass is 10.1. The molecule has 1 rings (SSSR count). The first-order valence-corrected chi connectivity index (χ1v) is 7.73. The molecule has 1 atom stereocenters. The van der Waals surface area contributed by atoms with Gasteiger partial charge in [0.2, 0.25) is 9.05 Å². The van der Waals surface area contributed by atoms with E-state index < -0.39 is 9.05 Å². The lowest BCUT2D eigenvalue weighted by Crippen LogP contribution is -2.16. The predicted octanol–water partition coefficient (Wildman–Crippen LogP) is 2.40. The maximum Gasteiger partial charge on any atom is 0.236 e. The van der Waals surface area contributed by atoms with Crippen LogP contribution in [-0.2, 0) is 9.05 Å². The quantitative estimate of drug-likeness (QED) is 0.561. The Morgan fingerprint density at radius 1 is 1.54 bits per heavy atom. The van der Waals surface area contributed by atoms with Gasteiger partial charge in [0.05, 0.1) is 5.75 Å². The van der Waals surface area contributed by atoms with Crippen molar-refractivity contribution in [1.29, 1.82) is 0 Å². The van der Waals surface area contributed by atoms with Gasteiger partial charge in [0.15, 0.2) is 0 Å². The minimum absolute atomic E-state index is 0.0772. The van der Waals surface area contributed by atoms with E-state index in [9.17, 15) is 8.42 Å². The van der Waals surface area contributed by atoms with Gasteiger partial charge in [-0.15, -0.1) is 0 Å². The highest BCUT2D eigenvalue weighted by Gasteiger charge is 2.20. The van der Waals surface area contributed by atoms with E-state index in [1.807, 2.05) is 0 Å². The van der Waals surface area contributed by atoms with E-state index in [1.165, 1.54) is 12.8 Å². The molecule has 76 valence electrons. The van der Waals surface area contributed by atoms with Gasteiger partial charge < -0.3 is 0 Å². The molecule has 0 aromatic carbocycles. The average molecular weight is 241 g/mol. The Bertz CT molecular complexity index is 279. The van der Waals surface area contributed by atoms with Crippen molar-refractivity contribution in [3.05, 3.63) is 12.2 Å². The van der Waals surface area contributed by atoms with Gasteiger partial charge in [-0.1, -0.05) is 13.0 Å². The van der Waals surface area contributed by atoms with Crippen molar-refractivity contribution < 1.29 is 8.42 Å². The summed E-state index contributed by atoms with van der Waals surface area (Å²) in [6.45, 7) is 3.78. The Balaban J connectivity index is 2.47. The Kier molecular flexibility index (Phi) is 4.13. The van der Waals surface area contributed by atoms with Crippen molar-refractivity contribution in [1.82, 2.24) is 0 Å². The molecule has 1 unspecified atom stereocenters. The predicted molar refractivity (Wildman–Crippen MR) is 58.9 cm³/mol. The molecule has 1 fully saturated rings. The summed E-state index contributed by atoms with van der Waals surface area (Å²) < 4.78 is 21.6. The third kappa shape index (κ3) is 4.38. The van der Waals surface area contributed by atoms with Crippen molar-refractivity contribution in [2.24, 2.45) is 0 Å². The Hall–Kier alpha value is 0.330. The molecule has 0 saturated carbocycles. The van der Waals surface area contributed by atoms with Gasteiger partial charge in [-0.25, -0.2) is 8.42 Å². The summed E-state index contributed by atoms with van der Waals surface area (Å²) >= 11 is 1.79. The molecule has 0 N–H and O–H groups in total. The first kappa shape index (κ1) is 11.4. The molecule has 0 amide bonds. The normalized spacial score (nSPS) is 24.2. The molecule has 5 heteroatoms. The summed E-state index contributed by atoms with van der Waals surface area (Å²) in [6.07, 6.45) is 3.43. The molecule has 0 aliphatic carbocycles. The van der Waals surface area contributed by atoms with Crippen molar-refractivity contribution in [3.8, 4) is 0 Å². The van der Waals surface area contributed by atoms with Gasteiger partial charge in [0.1, 0.15) is 0 Å². The van der Waals surface area contributed by atoms with Gasteiger partial charge in [-0.05, 0) is 24.2 Å². The summed E-state index contributed by atoms with van der Waals surface area (Å²) in [7, 11) is 1.74. The van der Waals surface area contributed by atoms with E-state index in [-0.39, 0.29) is 5.75 Å². The van der Waals surface area contributed by atoms with Crippen LogP contribution in [0.4, 0.5) is 0 Å². The van der Waals surface area contributed by atoms with Crippen LogP contribution < -0.4 is 0 Å². The van der Waals surface area contributed by atoms with E-state index in [4.69, 9.17) is 10.7 Å². The SMILES string of the molecule is C=C(CS(=O)(=O)Cl)C1CCCCS1. The number of thioether (sulfide) groups is 1. The van der Waals surface area contributed by atoms with Gasteiger partial charge in [0.25, 0.3) is 0 Å². The monoisotopic (exact) mass is 240 g/mol. The molecular formula is C8H13ClO2S2. The van der Waals surface area contributed by atoms with Crippen molar-refractivity contribution in [3.63, 3.8) is 0 Å². The van der Waals surface area contributed by atoms with Crippen LogP contribution in [0.3, 0.4) is 0 Å². The zero-order valence-corrected chi connectivity index (χ0v) is 9.72. The van der Waals surface area contributed by atoms with Crippen LogP contribution in [0.1, 0.15) is 19.3 Å². The highest BCUT2D eigenvalue weighted by Crippen LogP contribution is 2.30. The molecule has 2 nitrogen and oxygen atoms in total. The molecule has 1 heterocycles. The highest BCUT2D eigenvalue weighted by atomic mass is 35.7. The smallest absolute Gasteiger partial charge is 0.212 e. The van der Waals surface area contributed by atoms with Crippen LogP contribution in [0.2, 0.25) is 0 Å². The molecule has 13 heavy (non-hydrogen) atoms. The summed E-state index contributed by atoms with van der Waals surface area (Å²) in [6, 6.07) is 0. The first-order valence-electron chi connectivity index (χ1n) is 4.20. The number of rotatable bonds is 3. The maximum atomic E-state index is 10.8. The molecule has 0 radical (unpaired) electrons. The topological polar surface area (TPSA) is 34.1 Å². The molecular weight excluding hydrogens is 228 g/mol. The summed E-state index contributed by atoms with van der Waals surface area (Å²) in [5, 5.41) is 0.294. The molecule has 0 bridgehead atoms. The zero-order chi connectivity index (χ0) is 9.90. The van der Waals surface area contributed by atoms with E-state index in [0.717, 1.165) is 17.7 Å². The number of halogens is 1. The van der Waals surface area contributed by atoms with E-state index in [0.29, 0.717) is 5.25 Å². The molecule has 0 aromatic heterocycles. The van der Waals surface area contributed by atoms with Gasteiger partial charge in [-0.2, -0.15) is 11.8 Å². The molecule has 1 aliphatic rings. The maximum absolute atomic E-state index is 10.8. The second kappa shape index (κ2) is 4.71. The first-order chi connectivity index (χ1) is 5.99. The molecule has 1 saturated heterocycles. The van der Waals surface area contributed by atoms with E-state index >= 15 is 0 Å². The Labute approximate surface area is 88.2 Å². The minimum atomic E-state index is -3.41. The lowest BCUT2D eigenvalue weighted by molar-refractivity contribution is 0.610. The largest absolute Gasteiger partial charge is 0.236 e. The fraction of sp³-hybridized carbons (Fsp3) is 0.750. The molecule has 0 aromatic rings. The van der Waals surface area contributed by atoms with Crippen LogP contribution >= 0.6 is 22.4 Å². The zero-order valence-electron chi connectivity index (χ0n) is 7.33. The Morgan fingerprint density at radius 2 is 2.23 bits per heavy atom. The van der Waals surface area contributed by atoms with Crippen molar-refractivity contribution in [2.45, 2.75) is 24.5 Å². The van der Waals surface area contributed by atoms with Gasteiger partial charge in [-0.3, -0.25) is 0 Å². The lowest BCUT2D eigenvalue weighted by Gasteiger charge is -2.22. The van der Waals surface area contributed by atoms with Crippen LogP contribution in [0.25, 0.3) is 0 Å². The van der Waals surface area contributed by atoms with Crippen LogP contribution in [-0.4, -0.2) is 25.2 Å². The van der Waals surface area contributed by atoms with Crippen molar-refractivity contribution >= 4 is 31.5 Å². The van der Waals surface area contributed by atoms with E-state index in [1.54, 1.807) is 11.8 Å². The third-order valence-electron chi connectivity index (χ3n) is 1.99. The molecule has 1 aliphatic heterocycles. The second-order valence-electron chi connectivity index (χ2n) is 3.20. The fourth-order valence-electron chi connectivity index (χ4n) is 1.38. The van der Waals surface area contributed by atoms with E-state index in [2.05, 4.69) is 6.58 Å². The Morgan fingerprint density at radius 3 is 2.69 bits per heavy atom. The average Bonchev–Trinajstić information content (AvgIpc) is 2.03. The number of hydrogen-bond acceptors (Lipinski definition) is 3. The van der Waals surface area contributed by atoms with Crippen molar-refractivity contribution in [2.75, 3.05) is 11.5 Å². The standard InChI is InChI=1S/C8H13ClO2S2/c1-7(6-13(9,10)11)8-4-2-3-5-12-8/h8H,1-6H2. The summed E-state index contributed by atoms with van der Waals surface area (Å²) in [5.74, 6) is 1.03. The highest BCUT2D eigenvalue weighted by molar-refractivity contribution is 8.13. The fourth-order valence-corrected chi connectivity index (χ4v) is 3.85. The van der Waals surface area contributed by atoms with Crippen LogP contribution in [0.5, 0.6) is 0 Å². The summed E-state index contributed by atoms with van der Waals surface area (Å²) in [4.78, 5) is 0. The van der Waals surface area contributed by atoms with Gasteiger partial charge >= 0.3 is 0 Å². The molecule has 0 spiro atoms. The summed E-state index contributed by atoms with van der Waals surface area (Å²) in [5.41, 5.74) is 0.750. The van der Waals surface area contributed by atoms with Crippen LogP contribution in [0.15, 0.2) is 12.2 Å². The third-order valence-corrected chi connectivity index (χ3v) is 4.53. The number of hydrogen-bond donors (Lipinski definition) is 0. The van der Waals surface area contributed by atoms with Crippen LogP contribution in [0, 0.1) is 0 Å². The minimum Gasteiger partial charge on any atom is -0.212 e. The van der Waals surface area contributed by atoms with Gasteiger partial charge in [0, 0.05) is 15.9 Å². The second-order valence-corrected chi connectivity index (χ2v) is 7.28.